The monoisotopic (exact) mass is 484 g/mol. The van der Waals surface area contributed by atoms with Gasteiger partial charge in [-0.1, -0.05) is 36.4 Å². The topological polar surface area (TPSA) is 113 Å². The lowest BCUT2D eigenvalue weighted by molar-refractivity contribution is -0.128. The van der Waals surface area contributed by atoms with Gasteiger partial charge in [0.25, 0.3) is 0 Å². The summed E-state index contributed by atoms with van der Waals surface area (Å²) in [5, 5.41) is 9.87. The minimum absolute atomic E-state index is 0.0452. The Balaban J connectivity index is 1.69. The Bertz CT molecular complexity index is 1360. The summed E-state index contributed by atoms with van der Waals surface area (Å²) < 4.78 is 27.6. The van der Waals surface area contributed by atoms with Crippen molar-refractivity contribution in [1.29, 1.82) is 5.26 Å². The molecule has 0 bridgehead atoms. The molecular weight excluding hydrogens is 460 g/mol. The fraction of sp³-hybridized carbons (Fsp3) is 0.143. The van der Waals surface area contributed by atoms with Crippen molar-refractivity contribution in [2.75, 3.05) is 21.3 Å². The van der Waals surface area contributed by atoms with Crippen molar-refractivity contribution in [2.24, 2.45) is 5.73 Å². The van der Waals surface area contributed by atoms with Gasteiger partial charge < -0.3 is 29.4 Å². The number of nitrogens with two attached hydrogens (primary N) is 1. The molecule has 8 heteroatoms. The zero-order valence-corrected chi connectivity index (χ0v) is 20.0. The summed E-state index contributed by atoms with van der Waals surface area (Å²) in [6, 6.07) is 20.0. The lowest BCUT2D eigenvalue weighted by Gasteiger charge is -2.27. The molecule has 0 amide bonds. The molecule has 1 aliphatic rings. The number of carbonyl (C=O) groups excluding carboxylic acids is 1. The summed E-state index contributed by atoms with van der Waals surface area (Å²) in [6.07, 6.45) is 3.01. The minimum Gasteiger partial charge on any atom is -0.493 e. The largest absolute Gasteiger partial charge is 0.493 e. The zero-order chi connectivity index (χ0) is 25.7. The summed E-state index contributed by atoms with van der Waals surface area (Å²) in [4.78, 5) is 12.3. The quantitative estimate of drug-likeness (QED) is 0.295. The molecule has 2 N–H and O–H groups in total. The predicted octanol–water partition coefficient (Wildman–Crippen LogP) is 4.55. The van der Waals surface area contributed by atoms with Crippen LogP contribution in [0.25, 0.3) is 6.08 Å². The maximum atomic E-state index is 12.3. The van der Waals surface area contributed by atoms with Crippen LogP contribution in [-0.2, 0) is 4.79 Å². The van der Waals surface area contributed by atoms with E-state index in [9.17, 15) is 10.1 Å². The Morgan fingerprint density at radius 3 is 2.31 bits per heavy atom. The van der Waals surface area contributed by atoms with E-state index in [1.54, 1.807) is 36.4 Å². The van der Waals surface area contributed by atoms with Gasteiger partial charge in [-0.15, -0.1) is 0 Å². The SMILES string of the molecule is COc1cc(C2C(C#N)=C(N)Oc3cc(OC(=O)/C=C/c4ccccc4)ccc32)cc(OC)c1OC. The van der Waals surface area contributed by atoms with Gasteiger partial charge in [-0.3, -0.25) is 0 Å². The van der Waals surface area contributed by atoms with E-state index in [1.165, 1.54) is 27.4 Å². The minimum atomic E-state index is -0.574. The average Bonchev–Trinajstić information content (AvgIpc) is 2.90. The standard InChI is InChI=1S/C28H24N2O6/c1-32-23-13-18(14-24(33-2)27(23)34-3)26-20-11-10-19(15-22(20)36-28(30)21(26)16-29)35-25(31)12-9-17-7-5-4-6-8-17/h4-15,26H,30H2,1-3H3/b12-9+. The van der Waals surface area contributed by atoms with E-state index in [4.69, 9.17) is 29.4 Å². The fourth-order valence-corrected chi connectivity index (χ4v) is 3.99. The number of benzene rings is 3. The number of carbonyl (C=O) groups is 1. The summed E-state index contributed by atoms with van der Waals surface area (Å²) in [7, 11) is 4.54. The van der Waals surface area contributed by atoms with Crippen LogP contribution in [0, 0.1) is 11.3 Å². The van der Waals surface area contributed by atoms with Gasteiger partial charge in [0.05, 0.1) is 27.2 Å². The maximum absolute atomic E-state index is 12.3. The van der Waals surface area contributed by atoms with Crippen molar-refractivity contribution in [1.82, 2.24) is 0 Å². The van der Waals surface area contributed by atoms with Crippen LogP contribution in [0.4, 0.5) is 0 Å². The molecule has 3 aromatic carbocycles. The van der Waals surface area contributed by atoms with Gasteiger partial charge >= 0.3 is 5.97 Å². The lowest BCUT2D eigenvalue weighted by atomic mass is 9.83. The molecular formula is C28H24N2O6. The first-order valence-corrected chi connectivity index (χ1v) is 11.0. The molecule has 0 saturated carbocycles. The smallest absolute Gasteiger partial charge is 0.336 e. The van der Waals surface area contributed by atoms with Crippen molar-refractivity contribution >= 4 is 12.0 Å². The summed E-state index contributed by atoms with van der Waals surface area (Å²) in [5.41, 5.74) is 8.57. The third kappa shape index (κ3) is 4.81. The van der Waals surface area contributed by atoms with Crippen molar-refractivity contribution in [3.05, 3.63) is 94.9 Å². The van der Waals surface area contributed by atoms with E-state index in [2.05, 4.69) is 6.07 Å². The van der Waals surface area contributed by atoms with Crippen LogP contribution in [0.3, 0.4) is 0 Å². The number of hydrogen-bond donors (Lipinski definition) is 1. The molecule has 1 atom stereocenters. The van der Waals surface area contributed by atoms with E-state index in [0.717, 1.165) is 5.56 Å². The molecule has 36 heavy (non-hydrogen) atoms. The van der Waals surface area contributed by atoms with Crippen LogP contribution in [0.15, 0.2) is 78.2 Å². The van der Waals surface area contributed by atoms with Crippen LogP contribution in [0.1, 0.15) is 22.6 Å². The molecule has 1 unspecified atom stereocenters. The molecule has 8 nitrogen and oxygen atoms in total. The second-order valence-corrected chi connectivity index (χ2v) is 7.75. The molecule has 0 saturated heterocycles. The lowest BCUT2D eigenvalue weighted by Crippen LogP contribution is -2.21. The number of esters is 1. The Morgan fingerprint density at radius 2 is 1.69 bits per heavy atom. The fourth-order valence-electron chi connectivity index (χ4n) is 3.99. The molecule has 0 fully saturated rings. The predicted molar refractivity (Wildman–Crippen MR) is 133 cm³/mol. The number of fused-ring (bicyclic) bond motifs is 1. The molecule has 4 rings (SSSR count). The van der Waals surface area contributed by atoms with Crippen LogP contribution < -0.4 is 29.4 Å². The van der Waals surface area contributed by atoms with E-state index < -0.39 is 11.9 Å². The molecule has 0 aliphatic carbocycles. The first-order valence-electron chi connectivity index (χ1n) is 11.0. The summed E-state index contributed by atoms with van der Waals surface area (Å²) in [6.45, 7) is 0. The van der Waals surface area contributed by atoms with Crippen LogP contribution in [-0.4, -0.2) is 27.3 Å². The van der Waals surface area contributed by atoms with Crippen LogP contribution in [0.5, 0.6) is 28.7 Å². The number of methoxy groups -OCH3 is 3. The number of allylic oxidation sites excluding steroid dienone is 1. The number of rotatable bonds is 7. The molecule has 1 heterocycles. The van der Waals surface area contributed by atoms with Crippen molar-refractivity contribution in [3.63, 3.8) is 0 Å². The third-order valence-corrected chi connectivity index (χ3v) is 5.64. The second-order valence-electron chi connectivity index (χ2n) is 7.75. The molecule has 182 valence electrons. The van der Waals surface area contributed by atoms with Gasteiger partial charge in [0.2, 0.25) is 11.6 Å². The van der Waals surface area contributed by atoms with Gasteiger partial charge in [-0.25, -0.2) is 4.79 Å². The summed E-state index contributed by atoms with van der Waals surface area (Å²) >= 11 is 0. The summed E-state index contributed by atoms with van der Waals surface area (Å²) in [5.74, 6) is 0.773. The Morgan fingerprint density at radius 1 is 1.00 bits per heavy atom. The highest BCUT2D eigenvalue weighted by molar-refractivity contribution is 5.88. The van der Waals surface area contributed by atoms with Crippen molar-refractivity contribution in [2.45, 2.75) is 5.92 Å². The number of nitriles is 1. The highest BCUT2D eigenvalue weighted by Crippen LogP contribution is 2.47. The molecule has 0 radical (unpaired) electrons. The van der Waals surface area contributed by atoms with Crippen LogP contribution in [0.2, 0.25) is 0 Å². The average molecular weight is 485 g/mol. The molecule has 3 aromatic rings. The number of nitrogens with zero attached hydrogens (tertiary/aromatic N) is 1. The first-order chi connectivity index (χ1) is 17.5. The number of ether oxygens (including phenoxy) is 5. The van der Waals surface area contributed by atoms with E-state index in [1.807, 2.05) is 30.3 Å². The Kier molecular flexibility index (Phi) is 7.12. The van der Waals surface area contributed by atoms with Gasteiger partial charge in [-0.05, 0) is 35.4 Å². The first kappa shape index (κ1) is 24.2. The van der Waals surface area contributed by atoms with E-state index >= 15 is 0 Å². The van der Waals surface area contributed by atoms with Crippen molar-refractivity contribution in [3.8, 4) is 34.8 Å². The normalized spacial score (nSPS) is 14.4. The molecule has 0 spiro atoms. The maximum Gasteiger partial charge on any atom is 0.336 e. The second kappa shape index (κ2) is 10.6. The number of hydrogen-bond acceptors (Lipinski definition) is 8. The van der Waals surface area contributed by atoms with Gasteiger partial charge in [0, 0.05) is 17.7 Å². The third-order valence-electron chi connectivity index (χ3n) is 5.64. The molecule has 0 aromatic heterocycles. The van der Waals surface area contributed by atoms with Gasteiger partial charge in [0.1, 0.15) is 23.1 Å². The Labute approximate surface area is 208 Å². The van der Waals surface area contributed by atoms with Crippen molar-refractivity contribution < 1.29 is 28.5 Å². The highest BCUT2D eigenvalue weighted by atomic mass is 16.5. The van der Waals surface area contributed by atoms with Gasteiger partial charge in [-0.2, -0.15) is 5.26 Å². The molecule has 1 aliphatic heterocycles. The zero-order valence-electron chi connectivity index (χ0n) is 20.0. The van der Waals surface area contributed by atoms with Gasteiger partial charge in [0.15, 0.2) is 11.5 Å². The van der Waals surface area contributed by atoms with E-state index in [0.29, 0.717) is 34.1 Å². The van der Waals surface area contributed by atoms with E-state index in [-0.39, 0.29) is 17.2 Å². The highest BCUT2D eigenvalue weighted by Gasteiger charge is 2.32. The van der Waals surface area contributed by atoms with Crippen LogP contribution >= 0.6 is 0 Å². The Hall–Kier alpha value is -4.90.